The molecule has 0 heterocycles. The van der Waals surface area contributed by atoms with Crippen LogP contribution in [0.15, 0.2) is 23.3 Å². The molecule has 0 aromatic heterocycles. The van der Waals surface area contributed by atoms with Gasteiger partial charge in [0, 0.05) is 17.6 Å². The highest BCUT2D eigenvalue weighted by molar-refractivity contribution is 5.46. The van der Waals surface area contributed by atoms with E-state index in [1.165, 1.54) is 0 Å². The van der Waals surface area contributed by atoms with Crippen LogP contribution in [0, 0.1) is 22.7 Å². The molecule has 9 heavy (non-hydrogen) atoms. The Morgan fingerprint density at radius 2 is 2.11 bits per heavy atom. The normalized spacial score (nSPS) is 15.3. The maximum Gasteiger partial charge on any atom is 0.0988 e. The number of hydrogen-bond donors (Lipinski definition) is 0. The third-order valence-electron chi connectivity index (χ3n) is 1.14. The highest BCUT2D eigenvalue weighted by atomic mass is 14.3. The summed E-state index contributed by atoms with van der Waals surface area (Å²) in [7, 11) is 0. The molecule has 1 aliphatic rings. The van der Waals surface area contributed by atoms with Crippen molar-refractivity contribution in [3.8, 4) is 12.1 Å². The molecule has 0 radical (unpaired) electrons. The van der Waals surface area contributed by atoms with Crippen LogP contribution in [0.5, 0.6) is 0 Å². The van der Waals surface area contributed by atoms with Crippen LogP contribution in [0.2, 0.25) is 0 Å². The largest absolute Gasteiger partial charge is 0.193 e. The number of nitriles is 2. The van der Waals surface area contributed by atoms with E-state index in [1.807, 2.05) is 12.1 Å². The molecule has 1 rings (SSSR count). The highest BCUT2D eigenvalue weighted by Gasteiger charge is 2.02. The van der Waals surface area contributed by atoms with E-state index in [0.717, 1.165) is 0 Å². The van der Waals surface area contributed by atoms with E-state index < -0.39 is 0 Å². The van der Waals surface area contributed by atoms with Crippen molar-refractivity contribution in [3.05, 3.63) is 23.3 Å². The minimum atomic E-state index is 0.603. The van der Waals surface area contributed by atoms with E-state index in [-0.39, 0.29) is 0 Å². The topological polar surface area (TPSA) is 47.6 Å². The Kier molecular flexibility index (Phi) is 1.34. The number of hydrogen-bond acceptors (Lipinski definition) is 2. The summed E-state index contributed by atoms with van der Waals surface area (Å²) in [4.78, 5) is 0. The Morgan fingerprint density at radius 1 is 1.33 bits per heavy atom. The Hall–Kier alpha value is -1.54. The van der Waals surface area contributed by atoms with Gasteiger partial charge >= 0.3 is 0 Å². The maximum absolute atomic E-state index is 8.32. The van der Waals surface area contributed by atoms with Crippen LogP contribution < -0.4 is 0 Å². The third kappa shape index (κ3) is 0.978. The lowest BCUT2D eigenvalue weighted by Crippen LogP contribution is -1.65. The van der Waals surface area contributed by atoms with Gasteiger partial charge in [0.2, 0.25) is 0 Å². The van der Waals surface area contributed by atoms with Crippen LogP contribution in [0.4, 0.5) is 0 Å². The molecule has 0 atom stereocenters. The van der Waals surface area contributed by atoms with Crippen molar-refractivity contribution < 1.29 is 0 Å². The van der Waals surface area contributed by atoms with Crippen LogP contribution in [0.1, 0.15) is 6.42 Å². The average molecular weight is 116 g/mol. The van der Waals surface area contributed by atoms with Crippen LogP contribution in [-0.4, -0.2) is 0 Å². The van der Waals surface area contributed by atoms with Gasteiger partial charge in [-0.15, -0.1) is 0 Å². The van der Waals surface area contributed by atoms with Crippen molar-refractivity contribution in [2.75, 3.05) is 0 Å². The van der Waals surface area contributed by atoms with Gasteiger partial charge in [-0.3, -0.25) is 0 Å². The molecule has 2 nitrogen and oxygen atoms in total. The zero-order valence-electron chi connectivity index (χ0n) is 4.76. The molecule has 0 aromatic rings. The molecular weight excluding hydrogens is 112 g/mol. The molecule has 2 heteroatoms. The first-order valence-corrected chi connectivity index (χ1v) is 2.58. The number of rotatable bonds is 0. The molecule has 0 saturated carbocycles. The van der Waals surface area contributed by atoms with Crippen molar-refractivity contribution in [1.82, 2.24) is 0 Å². The van der Waals surface area contributed by atoms with E-state index >= 15 is 0 Å². The summed E-state index contributed by atoms with van der Waals surface area (Å²) in [6.45, 7) is 0. The molecule has 0 N–H and O–H groups in total. The predicted molar refractivity (Wildman–Crippen MR) is 32.0 cm³/mol. The first-order chi connectivity index (χ1) is 4.36. The summed E-state index contributed by atoms with van der Waals surface area (Å²) in [6.07, 6.45) is 3.98. The SMILES string of the molecule is N#CC1=CCC(C#N)=C1. The molecule has 0 fully saturated rings. The zero-order valence-corrected chi connectivity index (χ0v) is 4.76. The van der Waals surface area contributed by atoms with Gasteiger partial charge in [0.15, 0.2) is 0 Å². The van der Waals surface area contributed by atoms with Crippen molar-refractivity contribution in [1.29, 1.82) is 10.5 Å². The van der Waals surface area contributed by atoms with Crippen molar-refractivity contribution in [2.24, 2.45) is 0 Å². The van der Waals surface area contributed by atoms with E-state index in [1.54, 1.807) is 12.2 Å². The van der Waals surface area contributed by atoms with Crippen LogP contribution in [0.25, 0.3) is 0 Å². The average Bonchev–Trinajstić information content (AvgIpc) is 2.34. The summed E-state index contributed by atoms with van der Waals surface area (Å²) in [5.74, 6) is 0. The molecule has 0 saturated heterocycles. The maximum atomic E-state index is 8.32. The lowest BCUT2D eigenvalue weighted by molar-refractivity contribution is 1.32. The van der Waals surface area contributed by atoms with Gasteiger partial charge in [-0.1, -0.05) is 6.08 Å². The molecule has 0 bridgehead atoms. The van der Waals surface area contributed by atoms with Crippen LogP contribution in [0.3, 0.4) is 0 Å². The molecule has 0 amide bonds. The molecule has 42 valence electrons. The molecular formula is C7H4N2. The van der Waals surface area contributed by atoms with Gasteiger partial charge in [-0.25, -0.2) is 0 Å². The van der Waals surface area contributed by atoms with Crippen molar-refractivity contribution in [2.45, 2.75) is 6.42 Å². The molecule has 1 aliphatic carbocycles. The lowest BCUT2D eigenvalue weighted by Gasteiger charge is -1.75. The van der Waals surface area contributed by atoms with E-state index in [0.29, 0.717) is 17.6 Å². The fourth-order valence-corrected chi connectivity index (χ4v) is 0.681. The zero-order chi connectivity index (χ0) is 6.69. The molecule has 0 aliphatic heterocycles. The monoisotopic (exact) mass is 116 g/mol. The number of allylic oxidation sites excluding steroid dienone is 4. The van der Waals surface area contributed by atoms with Crippen LogP contribution >= 0.6 is 0 Å². The van der Waals surface area contributed by atoms with E-state index in [4.69, 9.17) is 10.5 Å². The molecule has 0 aromatic carbocycles. The van der Waals surface area contributed by atoms with E-state index in [2.05, 4.69) is 0 Å². The van der Waals surface area contributed by atoms with Gasteiger partial charge < -0.3 is 0 Å². The second kappa shape index (κ2) is 2.15. The first kappa shape index (κ1) is 5.59. The standard InChI is InChI=1S/C7H4N2/c8-4-6-1-2-7(3-6)5-9/h1,3H,2H2. The Morgan fingerprint density at radius 3 is 2.44 bits per heavy atom. The Balaban J connectivity index is 2.80. The third-order valence-corrected chi connectivity index (χ3v) is 1.14. The van der Waals surface area contributed by atoms with Gasteiger partial charge in [0.1, 0.15) is 0 Å². The second-order valence-electron chi connectivity index (χ2n) is 1.76. The summed E-state index contributed by atoms with van der Waals surface area (Å²) in [5.41, 5.74) is 1.28. The van der Waals surface area contributed by atoms with E-state index in [9.17, 15) is 0 Å². The molecule has 0 unspecified atom stereocenters. The van der Waals surface area contributed by atoms with Gasteiger partial charge in [0.05, 0.1) is 12.1 Å². The quantitative estimate of drug-likeness (QED) is 0.478. The first-order valence-electron chi connectivity index (χ1n) is 2.58. The fraction of sp³-hybridized carbons (Fsp3) is 0.143. The minimum Gasteiger partial charge on any atom is -0.193 e. The Bertz CT molecular complexity index is 258. The highest BCUT2D eigenvalue weighted by Crippen LogP contribution is 2.14. The summed E-state index contributed by atoms with van der Waals surface area (Å²) >= 11 is 0. The number of nitrogens with zero attached hydrogens (tertiary/aromatic N) is 2. The van der Waals surface area contributed by atoms with Crippen LogP contribution in [-0.2, 0) is 0 Å². The minimum absolute atomic E-state index is 0.603. The van der Waals surface area contributed by atoms with Gasteiger partial charge in [-0.05, 0) is 6.08 Å². The second-order valence-corrected chi connectivity index (χ2v) is 1.76. The lowest BCUT2D eigenvalue weighted by atomic mass is 10.3. The fourth-order valence-electron chi connectivity index (χ4n) is 0.681. The summed E-state index contributed by atoms with van der Waals surface area (Å²) in [5, 5.41) is 16.6. The predicted octanol–water partition coefficient (Wildman–Crippen LogP) is 1.29. The van der Waals surface area contributed by atoms with Gasteiger partial charge in [0.25, 0.3) is 0 Å². The van der Waals surface area contributed by atoms with Gasteiger partial charge in [-0.2, -0.15) is 10.5 Å². The summed E-state index contributed by atoms with van der Waals surface area (Å²) < 4.78 is 0. The smallest absolute Gasteiger partial charge is 0.0988 e. The van der Waals surface area contributed by atoms with Crippen molar-refractivity contribution >= 4 is 0 Å². The summed E-state index contributed by atoms with van der Waals surface area (Å²) in [6, 6.07) is 3.95. The Labute approximate surface area is 53.3 Å². The van der Waals surface area contributed by atoms with Crippen molar-refractivity contribution in [3.63, 3.8) is 0 Å². The molecule has 0 spiro atoms.